The Morgan fingerprint density at radius 1 is 1.04 bits per heavy atom. The zero-order valence-electron chi connectivity index (χ0n) is 13.5. The van der Waals surface area contributed by atoms with E-state index in [0.717, 1.165) is 17.7 Å². The Morgan fingerprint density at radius 3 is 2.44 bits per heavy atom. The summed E-state index contributed by atoms with van der Waals surface area (Å²) in [5, 5.41) is 12.6. The number of amides is 1. The second kappa shape index (κ2) is 9.03. The summed E-state index contributed by atoms with van der Waals surface area (Å²) in [5.41, 5.74) is 0.535. The lowest BCUT2D eigenvalue weighted by Gasteiger charge is -2.11. The molecule has 4 nitrogen and oxygen atoms in total. The molecule has 1 amide bonds. The van der Waals surface area contributed by atoms with E-state index in [2.05, 4.69) is 5.32 Å². The number of carbonyl (C=O) groups is 2. The molecule has 2 rings (SSSR count). The molecule has 0 bridgehead atoms. The molecule has 1 atom stereocenters. The summed E-state index contributed by atoms with van der Waals surface area (Å²) in [6.45, 7) is 0.258. The van der Waals surface area contributed by atoms with Gasteiger partial charge in [0.15, 0.2) is 5.78 Å². The molecule has 2 aromatic carbocycles. The Labute approximate surface area is 144 Å². The average Bonchev–Trinajstić information content (AvgIpc) is 2.60. The van der Waals surface area contributed by atoms with E-state index in [1.165, 1.54) is 0 Å². The molecule has 1 unspecified atom stereocenters. The van der Waals surface area contributed by atoms with Crippen LogP contribution in [0, 0.1) is 11.6 Å². The summed E-state index contributed by atoms with van der Waals surface area (Å²) in [4.78, 5) is 23.6. The van der Waals surface area contributed by atoms with Gasteiger partial charge < -0.3 is 10.4 Å². The van der Waals surface area contributed by atoms with E-state index in [0.29, 0.717) is 12.5 Å². The van der Waals surface area contributed by atoms with Crippen LogP contribution >= 0.6 is 0 Å². The predicted octanol–water partition coefficient (Wildman–Crippen LogP) is 3.17. The van der Waals surface area contributed by atoms with Gasteiger partial charge in [-0.2, -0.15) is 0 Å². The highest BCUT2D eigenvalue weighted by atomic mass is 19.1. The van der Waals surface area contributed by atoms with Gasteiger partial charge in [-0.25, -0.2) is 8.78 Å². The minimum absolute atomic E-state index is 0.100. The zero-order valence-corrected chi connectivity index (χ0v) is 13.5. The van der Waals surface area contributed by atoms with Gasteiger partial charge in [0.25, 0.3) is 0 Å². The molecule has 2 N–H and O–H groups in total. The second-order valence-corrected chi connectivity index (χ2v) is 5.61. The van der Waals surface area contributed by atoms with Crippen LogP contribution in [0.1, 0.15) is 41.3 Å². The number of carbonyl (C=O) groups excluding carboxylic acids is 2. The number of hydrogen-bond donors (Lipinski definition) is 2. The summed E-state index contributed by atoms with van der Waals surface area (Å²) in [5.74, 6) is -2.62. The lowest BCUT2D eigenvalue weighted by atomic mass is 10.1. The van der Waals surface area contributed by atoms with Gasteiger partial charge in [-0.05, 0) is 24.1 Å². The first-order chi connectivity index (χ1) is 12.0. The number of hydrogen-bond acceptors (Lipinski definition) is 3. The molecule has 0 aliphatic carbocycles. The van der Waals surface area contributed by atoms with Crippen molar-refractivity contribution >= 4 is 11.7 Å². The molecule has 0 fully saturated rings. The number of aliphatic hydroxyl groups excluding tert-OH is 1. The molecule has 0 aliphatic heterocycles. The molecule has 0 aromatic heterocycles. The van der Waals surface area contributed by atoms with Gasteiger partial charge in [-0.3, -0.25) is 9.59 Å². The van der Waals surface area contributed by atoms with Crippen molar-refractivity contribution in [3.8, 4) is 0 Å². The number of aliphatic hydroxyl groups is 1. The van der Waals surface area contributed by atoms with Crippen LogP contribution in [0.25, 0.3) is 0 Å². The first-order valence-corrected chi connectivity index (χ1v) is 7.95. The summed E-state index contributed by atoms with van der Waals surface area (Å²) in [6, 6.07) is 11.8. The lowest BCUT2D eigenvalue weighted by molar-refractivity contribution is -0.121. The Hall–Kier alpha value is -2.60. The third-order valence-electron chi connectivity index (χ3n) is 3.73. The Morgan fingerprint density at radius 2 is 1.76 bits per heavy atom. The van der Waals surface area contributed by atoms with Gasteiger partial charge in [0.05, 0.1) is 11.7 Å². The van der Waals surface area contributed by atoms with E-state index < -0.39 is 23.5 Å². The van der Waals surface area contributed by atoms with Crippen molar-refractivity contribution in [1.29, 1.82) is 0 Å². The van der Waals surface area contributed by atoms with Gasteiger partial charge in [-0.15, -0.1) is 0 Å². The van der Waals surface area contributed by atoms with Gasteiger partial charge in [-0.1, -0.05) is 30.3 Å². The largest absolute Gasteiger partial charge is 0.388 e. The van der Waals surface area contributed by atoms with Crippen LogP contribution in [-0.4, -0.2) is 23.3 Å². The third-order valence-corrected chi connectivity index (χ3v) is 3.73. The molecular formula is C19H19F2NO3. The quantitative estimate of drug-likeness (QED) is 0.721. The number of halogens is 2. The zero-order chi connectivity index (χ0) is 18.2. The summed E-state index contributed by atoms with van der Waals surface area (Å²) in [7, 11) is 0. The van der Waals surface area contributed by atoms with Gasteiger partial charge in [0, 0.05) is 25.5 Å². The molecule has 0 radical (unpaired) electrons. The van der Waals surface area contributed by atoms with Crippen LogP contribution in [0.2, 0.25) is 0 Å². The fourth-order valence-electron chi connectivity index (χ4n) is 2.36. The fraction of sp³-hybridized carbons (Fsp3) is 0.263. The van der Waals surface area contributed by atoms with Crippen molar-refractivity contribution in [2.45, 2.75) is 25.4 Å². The molecular weight excluding hydrogens is 328 g/mol. The van der Waals surface area contributed by atoms with E-state index in [4.69, 9.17) is 0 Å². The van der Waals surface area contributed by atoms with E-state index in [-0.39, 0.29) is 30.9 Å². The van der Waals surface area contributed by atoms with Crippen LogP contribution in [-0.2, 0) is 4.79 Å². The molecule has 0 saturated heterocycles. The second-order valence-electron chi connectivity index (χ2n) is 5.61. The highest BCUT2D eigenvalue weighted by Crippen LogP contribution is 2.15. The van der Waals surface area contributed by atoms with Gasteiger partial charge in [0.2, 0.25) is 5.91 Å². The molecule has 2 aromatic rings. The highest BCUT2D eigenvalue weighted by molar-refractivity contribution is 5.98. The minimum atomic E-state index is -0.934. The van der Waals surface area contributed by atoms with E-state index in [9.17, 15) is 23.5 Å². The first-order valence-electron chi connectivity index (χ1n) is 7.95. The van der Waals surface area contributed by atoms with Crippen molar-refractivity contribution in [2.75, 3.05) is 6.54 Å². The Bertz CT molecular complexity index is 735. The maximum atomic E-state index is 13.5. The van der Waals surface area contributed by atoms with Crippen LogP contribution in [0.3, 0.4) is 0 Å². The Kier molecular flexibility index (Phi) is 6.77. The van der Waals surface area contributed by atoms with E-state index >= 15 is 0 Å². The minimum Gasteiger partial charge on any atom is -0.388 e. The SMILES string of the molecule is O=C(CCC(=O)c1ccc(F)cc1F)NCCC(O)c1ccccc1. The van der Waals surface area contributed by atoms with Crippen molar-refractivity contribution < 1.29 is 23.5 Å². The normalized spacial score (nSPS) is 11.8. The maximum absolute atomic E-state index is 13.5. The van der Waals surface area contributed by atoms with Gasteiger partial charge in [0.1, 0.15) is 11.6 Å². The Balaban J connectivity index is 1.72. The number of rotatable bonds is 8. The summed E-state index contributed by atoms with van der Waals surface area (Å²) in [6.07, 6.45) is -0.611. The van der Waals surface area contributed by atoms with Crippen molar-refractivity contribution in [1.82, 2.24) is 5.32 Å². The molecule has 132 valence electrons. The number of benzene rings is 2. The summed E-state index contributed by atoms with van der Waals surface area (Å²) < 4.78 is 26.3. The number of Topliss-reactive ketones (excluding diaryl/α,β-unsaturated/α-hetero) is 1. The summed E-state index contributed by atoms with van der Waals surface area (Å²) >= 11 is 0. The number of nitrogens with one attached hydrogen (secondary N) is 1. The topological polar surface area (TPSA) is 66.4 Å². The molecule has 0 heterocycles. The average molecular weight is 347 g/mol. The highest BCUT2D eigenvalue weighted by Gasteiger charge is 2.14. The van der Waals surface area contributed by atoms with Crippen LogP contribution in [0.5, 0.6) is 0 Å². The van der Waals surface area contributed by atoms with Gasteiger partial charge >= 0.3 is 0 Å². The molecule has 0 spiro atoms. The maximum Gasteiger partial charge on any atom is 0.220 e. The van der Waals surface area contributed by atoms with Crippen LogP contribution < -0.4 is 5.32 Å². The van der Waals surface area contributed by atoms with Crippen LogP contribution in [0.15, 0.2) is 48.5 Å². The predicted molar refractivity (Wildman–Crippen MR) is 89.0 cm³/mol. The molecule has 0 saturated carbocycles. The van der Waals surface area contributed by atoms with Crippen molar-refractivity contribution in [3.63, 3.8) is 0 Å². The van der Waals surface area contributed by atoms with Crippen molar-refractivity contribution in [3.05, 3.63) is 71.3 Å². The first kappa shape index (κ1) is 18.7. The number of ketones is 1. The monoisotopic (exact) mass is 347 g/mol. The molecule has 25 heavy (non-hydrogen) atoms. The van der Waals surface area contributed by atoms with E-state index in [1.807, 2.05) is 18.2 Å². The molecule has 6 heteroatoms. The third kappa shape index (κ3) is 5.76. The van der Waals surface area contributed by atoms with E-state index in [1.54, 1.807) is 12.1 Å². The standard InChI is InChI=1S/C19H19F2NO3/c20-14-6-7-15(16(21)12-14)18(24)8-9-19(25)22-11-10-17(23)13-4-2-1-3-5-13/h1-7,12,17,23H,8-11H2,(H,22,25). The van der Waals surface area contributed by atoms with Crippen molar-refractivity contribution in [2.24, 2.45) is 0 Å². The van der Waals surface area contributed by atoms with Crippen LogP contribution in [0.4, 0.5) is 8.78 Å². The molecule has 0 aliphatic rings. The lowest BCUT2D eigenvalue weighted by Crippen LogP contribution is -2.26. The fourth-order valence-corrected chi connectivity index (χ4v) is 2.36. The smallest absolute Gasteiger partial charge is 0.220 e.